The summed E-state index contributed by atoms with van der Waals surface area (Å²) in [6.07, 6.45) is 4.11. The smallest absolute Gasteiger partial charge is 0.200 e. The van der Waals surface area contributed by atoms with E-state index in [-0.39, 0.29) is 27.9 Å². The van der Waals surface area contributed by atoms with Crippen LogP contribution in [0.5, 0.6) is 0 Å². The molecule has 8 rings (SSSR count). The summed E-state index contributed by atoms with van der Waals surface area (Å²) in [6.45, 7) is 0. The molecule has 4 atom stereocenters. The van der Waals surface area contributed by atoms with E-state index in [1.807, 2.05) is 0 Å². The molecule has 4 aromatic carbocycles. The summed E-state index contributed by atoms with van der Waals surface area (Å²) < 4.78 is 140. The van der Waals surface area contributed by atoms with E-state index in [2.05, 4.69) is 0 Å². The fourth-order valence-corrected chi connectivity index (χ4v) is 8.37. The fraction of sp³-hybridized carbons (Fsp3) is 0.273. The van der Waals surface area contributed by atoms with Gasteiger partial charge >= 0.3 is 0 Å². The molecule has 4 fully saturated rings. The van der Waals surface area contributed by atoms with Crippen molar-refractivity contribution in [3.05, 3.63) is 118 Å². The van der Waals surface area contributed by atoms with Gasteiger partial charge in [0.05, 0.1) is 11.1 Å². The monoisotopic (exact) mass is 606 g/mol. The summed E-state index contributed by atoms with van der Waals surface area (Å²) in [5, 5.41) is 0. The number of hydrogen-bond acceptors (Lipinski definition) is 0. The van der Waals surface area contributed by atoms with E-state index >= 15 is 0 Å². The lowest BCUT2D eigenvalue weighted by molar-refractivity contribution is 0.220. The molecule has 4 bridgehead atoms. The Morgan fingerprint density at radius 1 is 0.442 bits per heavy atom. The minimum atomic E-state index is -2.22. The molecule has 0 saturated heterocycles. The molecule has 10 heteroatoms. The third-order valence-electron chi connectivity index (χ3n) is 9.98. The SMILES string of the molecule is Fc1c(F)c(F)c(-c2ccc(C34CC5CC(C3)C(c3ccc(-c6c(F)c(F)c(F)c(F)c6F)cc3)(C5)C4)cc2)c(F)c1F. The number of rotatable bonds is 4. The maximum absolute atomic E-state index is 14.4. The van der Waals surface area contributed by atoms with Crippen LogP contribution in [0.3, 0.4) is 0 Å². The lowest BCUT2D eigenvalue weighted by atomic mass is 9.62. The molecule has 0 aromatic heterocycles. The predicted molar refractivity (Wildman–Crippen MR) is 137 cm³/mol. The number of hydrogen-bond donors (Lipinski definition) is 0. The van der Waals surface area contributed by atoms with Crippen LogP contribution in [0.1, 0.15) is 43.2 Å². The molecule has 0 nitrogen and oxygen atoms in total. The Kier molecular flexibility index (Phi) is 6.08. The van der Waals surface area contributed by atoms with E-state index in [4.69, 9.17) is 0 Å². The minimum Gasteiger partial charge on any atom is -0.203 e. The van der Waals surface area contributed by atoms with Crippen LogP contribution in [0.15, 0.2) is 48.5 Å². The Morgan fingerprint density at radius 3 is 1.28 bits per heavy atom. The maximum atomic E-state index is 14.4. The average Bonchev–Trinajstić information content (AvgIpc) is 3.40. The molecule has 4 aliphatic carbocycles. The van der Waals surface area contributed by atoms with E-state index in [1.54, 1.807) is 24.3 Å². The van der Waals surface area contributed by atoms with Crippen molar-refractivity contribution in [3.63, 3.8) is 0 Å². The van der Waals surface area contributed by atoms with Crippen LogP contribution in [0.2, 0.25) is 0 Å². The van der Waals surface area contributed by atoms with Gasteiger partial charge in [-0.25, -0.2) is 43.9 Å². The highest BCUT2D eigenvalue weighted by Crippen LogP contribution is 2.71. The highest BCUT2D eigenvalue weighted by atomic mass is 19.2. The Balaban J connectivity index is 1.22. The van der Waals surface area contributed by atoms with Crippen molar-refractivity contribution in [3.8, 4) is 22.3 Å². The average molecular weight is 607 g/mol. The van der Waals surface area contributed by atoms with Crippen LogP contribution in [-0.4, -0.2) is 0 Å². The van der Waals surface area contributed by atoms with Crippen LogP contribution in [0.25, 0.3) is 22.3 Å². The molecule has 0 heterocycles. The lowest BCUT2D eigenvalue weighted by Gasteiger charge is -2.42. The van der Waals surface area contributed by atoms with E-state index < -0.39 is 69.3 Å². The van der Waals surface area contributed by atoms with Crippen molar-refractivity contribution < 1.29 is 43.9 Å². The van der Waals surface area contributed by atoms with E-state index in [9.17, 15) is 43.9 Å². The predicted octanol–water partition coefficient (Wildman–Crippen LogP) is 9.81. The second-order valence-electron chi connectivity index (χ2n) is 12.1. The van der Waals surface area contributed by atoms with E-state index in [0.29, 0.717) is 12.3 Å². The Labute approximate surface area is 239 Å². The van der Waals surface area contributed by atoms with Crippen LogP contribution in [-0.2, 0) is 10.8 Å². The molecule has 4 aliphatic rings. The molecule has 4 unspecified atom stereocenters. The highest BCUT2D eigenvalue weighted by Gasteiger charge is 2.64. The molecule has 0 radical (unpaired) electrons. The van der Waals surface area contributed by atoms with Gasteiger partial charge in [0.1, 0.15) is 0 Å². The van der Waals surface area contributed by atoms with E-state index in [0.717, 1.165) is 36.8 Å². The Bertz CT molecular complexity index is 1750. The summed E-state index contributed by atoms with van der Waals surface area (Å²) in [4.78, 5) is 0. The van der Waals surface area contributed by atoms with Gasteiger partial charge < -0.3 is 0 Å². The van der Waals surface area contributed by atoms with Gasteiger partial charge in [-0.1, -0.05) is 48.5 Å². The zero-order valence-electron chi connectivity index (χ0n) is 22.1. The molecule has 222 valence electrons. The van der Waals surface area contributed by atoms with Gasteiger partial charge in [-0.3, -0.25) is 0 Å². The van der Waals surface area contributed by atoms with Gasteiger partial charge in [0.2, 0.25) is 11.6 Å². The third kappa shape index (κ3) is 3.77. The minimum absolute atomic E-state index is 0.149. The molecule has 4 saturated carbocycles. The maximum Gasteiger partial charge on any atom is 0.200 e. The Morgan fingerprint density at radius 2 is 0.837 bits per heavy atom. The van der Waals surface area contributed by atoms with Gasteiger partial charge in [-0.15, -0.1) is 0 Å². The third-order valence-corrected chi connectivity index (χ3v) is 9.98. The summed E-state index contributed by atoms with van der Waals surface area (Å²) in [7, 11) is 0. The summed E-state index contributed by atoms with van der Waals surface area (Å²) in [6, 6.07) is 12.0. The molecule has 4 aromatic rings. The standard InChI is InChI=1S/C33H20F10/c34-22-20(23(35)27(39)30(42)26(22)38)15-1-5-17(6-2-15)32-10-14-9-19(12-32)33(11-14,13-32)18-7-3-16(4-8-18)21-24(36)28(40)31(43)29(41)25(21)37/h1-8,14,19H,9-13H2. The largest absolute Gasteiger partial charge is 0.203 e. The summed E-state index contributed by atoms with van der Waals surface area (Å²) in [5.41, 5.74) is -1.17. The van der Waals surface area contributed by atoms with Crippen molar-refractivity contribution in [2.24, 2.45) is 11.8 Å². The van der Waals surface area contributed by atoms with Gasteiger partial charge in [-0.05, 0) is 77.0 Å². The second kappa shape index (κ2) is 9.34. The molecular weight excluding hydrogens is 586 g/mol. The van der Waals surface area contributed by atoms with Crippen molar-refractivity contribution in [2.45, 2.75) is 42.9 Å². The fourth-order valence-electron chi connectivity index (χ4n) is 8.37. The number of benzene rings is 4. The first-order valence-corrected chi connectivity index (χ1v) is 13.6. The van der Waals surface area contributed by atoms with Crippen molar-refractivity contribution >= 4 is 0 Å². The number of halogens is 10. The van der Waals surface area contributed by atoms with Crippen LogP contribution in [0, 0.1) is 70.0 Å². The lowest BCUT2D eigenvalue weighted by Crippen LogP contribution is -2.35. The van der Waals surface area contributed by atoms with Crippen LogP contribution >= 0.6 is 0 Å². The molecule has 43 heavy (non-hydrogen) atoms. The summed E-state index contributed by atoms with van der Waals surface area (Å²) in [5.74, 6) is -19.6. The van der Waals surface area contributed by atoms with Gasteiger partial charge in [0.15, 0.2) is 46.5 Å². The van der Waals surface area contributed by atoms with E-state index in [1.165, 1.54) is 24.3 Å². The normalized spacial score (nSPS) is 25.6. The Hall–Kier alpha value is -3.82. The first kappa shape index (κ1) is 28.0. The van der Waals surface area contributed by atoms with Gasteiger partial charge in [-0.2, -0.15) is 0 Å². The van der Waals surface area contributed by atoms with Crippen molar-refractivity contribution in [2.75, 3.05) is 0 Å². The van der Waals surface area contributed by atoms with Gasteiger partial charge in [0.25, 0.3) is 0 Å². The van der Waals surface area contributed by atoms with Crippen molar-refractivity contribution in [1.82, 2.24) is 0 Å². The highest BCUT2D eigenvalue weighted by molar-refractivity contribution is 5.67. The van der Waals surface area contributed by atoms with Crippen LogP contribution < -0.4 is 0 Å². The summed E-state index contributed by atoms with van der Waals surface area (Å²) >= 11 is 0. The first-order valence-electron chi connectivity index (χ1n) is 13.6. The molecule has 0 spiro atoms. The second-order valence-corrected chi connectivity index (χ2v) is 12.1. The van der Waals surface area contributed by atoms with Gasteiger partial charge in [0, 0.05) is 0 Å². The zero-order valence-corrected chi connectivity index (χ0v) is 22.1. The first-order chi connectivity index (χ1) is 20.4. The zero-order chi connectivity index (χ0) is 30.6. The molecule has 0 aliphatic heterocycles. The van der Waals surface area contributed by atoms with Crippen LogP contribution in [0.4, 0.5) is 43.9 Å². The molecule has 0 N–H and O–H groups in total. The quantitative estimate of drug-likeness (QED) is 0.123. The molecular formula is C33H20F10. The van der Waals surface area contributed by atoms with Crippen molar-refractivity contribution in [1.29, 1.82) is 0 Å². The molecule has 0 amide bonds. The topological polar surface area (TPSA) is 0 Å².